The molecule has 1 aliphatic rings. The van der Waals surface area contributed by atoms with E-state index < -0.39 is 12.3 Å². The van der Waals surface area contributed by atoms with Gasteiger partial charge in [-0.1, -0.05) is 0 Å². The van der Waals surface area contributed by atoms with Gasteiger partial charge in [-0.05, 0) is 18.6 Å². The third kappa shape index (κ3) is 1.29. The topological polar surface area (TPSA) is 72.8 Å². The van der Waals surface area contributed by atoms with Crippen molar-refractivity contribution >= 4 is 12.3 Å². The fraction of sp³-hybridized carbons (Fsp3) is 0.273. The zero-order valence-electron chi connectivity index (χ0n) is 8.81. The Hall–Kier alpha value is -1.88. The number of cyclic esters (lactones) is 1. The summed E-state index contributed by atoms with van der Waals surface area (Å²) in [6, 6.07) is 1.55. The molecule has 5 heteroatoms. The highest BCUT2D eigenvalue weighted by Crippen LogP contribution is 2.39. The van der Waals surface area contributed by atoms with E-state index in [9.17, 15) is 14.7 Å². The number of methoxy groups -OCH3 is 1. The molecule has 0 bridgehead atoms. The number of benzene rings is 1. The van der Waals surface area contributed by atoms with Crippen molar-refractivity contribution in [1.29, 1.82) is 0 Å². The first-order valence-electron chi connectivity index (χ1n) is 4.65. The molecule has 2 rings (SSSR count). The fourth-order valence-corrected chi connectivity index (χ4v) is 1.89. The standard InChI is InChI=1S/C11H10O5/c1-5-3-6(4-12)7-8(9(5)15-2)11(14)16-10(7)13/h3-4,10,13H,1-2H3/t10-/m0/s1. The van der Waals surface area contributed by atoms with E-state index in [0.717, 1.165) is 0 Å². The molecular weight excluding hydrogens is 212 g/mol. The number of fused-ring (bicyclic) bond motifs is 1. The zero-order chi connectivity index (χ0) is 11.9. The predicted octanol–water partition coefficient (Wildman–Crippen LogP) is 0.977. The summed E-state index contributed by atoms with van der Waals surface area (Å²) >= 11 is 0. The molecule has 0 saturated heterocycles. The molecule has 0 amide bonds. The monoisotopic (exact) mass is 222 g/mol. The summed E-state index contributed by atoms with van der Waals surface area (Å²) in [6.07, 6.45) is -0.812. The molecule has 1 aromatic rings. The number of ether oxygens (including phenoxy) is 2. The summed E-state index contributed by atoms with van der Waals surface area (Å²) in [7, 11) is 1.42. The van der Waals surface area contributed by atoms with Gasteiger partial charge in [-0.3, -0.25) is 4.79 Å². The van der Waals surface area contributed by atoms with Crippen molar-refractivity contribution in [1.82, 2.24) is 0 Å². The lowest BCUT2D eigenvalue weighted by atomic mass is 9.98. The minimum absolute atomic E-state index is 0.136. The zero-order valence-corrected chi connectivity index (χ0v) is 8.81. The van der Waals surface area contributed by atoms with Crippen LogP contribution >= 0.6 is 0 Å². The Labute approximate surface area is 91.6 Å². The molecule has 1 heterocycles. The van der Waals surface area contributed by atoms with Crippen LogP contribution in [-0.2, 0) is 4.74 Å². The molecule has 0 fully saturated rings. The highest BCUT2D eigenvalue weighted by molar-refractivity contribution is 6.00. The molecule has 0 unspecified atom stereocenters. The summed E-state index contributed by atoms with van der Waals surface area (Å²) in [6.45, 7) is 1.71. The fourth-order valence-electron chi connectivity index (χ4n) is 1.89. The molecule has 1 atom stereocenters. The Morgan fingerprint density at radius 1 is 1.56 bits per heavy atom. The molecule has 5 nitrogen and oxygen atoms in total. The van der Waals surface area contributed by atoms with Crippen LogP contribution < -0.4 is 4.74 Å². The molecule has 0 radical (unpaired) electrons. The number of aryl methyl sites for hydroxylation is 1. The minimum atomic E-state index is -1.39. The average Bonchev–Trinajstić information content (AvgIpc) is 2.54. The van der Waals surface area contributed by atoms with Crippen LogP contribution in [0.15, 0.2) is 6.07 Å². The van der Waals surface area contributed by atoms with Crippen LogP contribution in [0.5, 0.6) is 5.75 Å². The molecule has 1 aliphatic heterocycles. The van der Waals surface area contributed by atoms with Crippen LogP contribution in [-0.4, -0.2) is 24.5 Å². The lowest BCUT2D eigenvalue weighted by Crippen LogP contribution is -2.03. The molecule has 0 spiro atoms. The van der Waals surface area contributed by atoms with Crippen LogP contribution in [0.25, 0.3) is 0 Å². The molecule has 0 aromatic heterocycles. The van der Waals surface area contributed by atoms with Gasteiger partial charge in [0.2, 0.25) is 6.29 Å². The smallest absolute Gasteiger partial charge is 0.345 e. The van der Waals surface area contributed by atoms with Gasteiger partial charge in [0.15, 0.2) is 6.29 Å². The number of rotatable bonds is 2. The second-order valence-corrected chi connectivity index (χ2v) is 3.48. The van der Waals surface area contributed by atoms with Crippen molar-refractivity contribution in [2.75, 3.05) is 7.11 Å². The first-order valence-corrected chi connectivity index (χ1v) is 4.65. The summed E-state index contributed by atoms with van der Waals surface area (Å²) in [5, 5.41) is 9.52. The van der Waals surface area contributed by atoms with E-state index in [0.29, 0.717) is 17.6 Å². The van der Waals surface area contributed by atoms with Gasteiger partial charge < -0.3 is 14.6 Å². The van der Waals surface area contributed by atoms with Crippen LogP contribution in [0.3, 0.4) is 0 Å². The van der Waals surface area contributed by atoms with E-state index in [1.807, 2.05) is 0 Å². The number of esters is 1. The maximum atomic E-state index is 11.5. The largest absolute Gasteiger partial charge is 0.496 e. The second-order valence-electron chi connectivity index (χ2n) is 3.48. The number of hydrogen-bond acceptors (Lipinski definition) is 5. The Bertz CT molecular complexity index is 478. The van der Waals surface area contributed by atoms with E-state index in [1.165, 1.54) is 7.11 Å². The average molecular weight is 222 g/mol. The van der Waals surface area contributed by atoms with E-state index in [1.54, 1.807) is 13.0 Å². The third-order valence-corrected chi connectivity index (χ3v) is 2.54. The number of carbonyl (C=O) groups is 2. The Kier molecular flexibility index (Phi) is 2.40. The van der Waals surface area contributed by atoms with Crippen LogP contribution in [0.4, 0.5) is 0 Å². The third-order valence-electron chi connectivity index (χ3n) is 2.54. The number of aldehydes is 1. The lowest BCUT2D eigenvalue weighted by molar-refractivity contribution is -0.0549. The maximum Gasteiger partial charge on any atom is 0.345 e. The highest BCUT2D eigenvalue weighted by atomic mass is 16.6. The first kappa shape index (κ1) is 10.6. The van der Waals surface area contributed by atoms with Crippen molar-refractivity contribution in [2.45, 2.75) is 13.2 Å². The molecule has 84 valence electrons. The number of hydrogen-bond donors (Lipinski definition) is 1. The summed E-state index contributed by atoms with van der Waals surface area (Å²) in [5.74, 6) is -0.340. The van der Waals surface area contributed by atoms with Gasteiger partial charge >= 0.3 is 5.97 Å². The van der Waals surface area contributed by atoms with Gasteiger partial charge in [0.05, 0.1) is 7.11 Å². The van der Waals surface area contributed by atoms with E-state index in [-0.39, 0.29) is 16.7 Å². The highest BCUT2D eigenvalue weighted by Gasteiger charge is 2.36. The molecule has 16 heavy (non-hydrogen) atoms. The minimum Gasteiger partial charge on any atom is -0.496 e. The normalized spacial score (nSPS) is 17.9. The van der Waals surface area contributed by atoms with Gasteiger partial charge in [-0.25, -0.2) is 4.79 Å². The Morgan fingerprint density at radius 2 is 2.25 bits per heavy atom. The Morgan fingerprint density at radius 3 is 2.81 bits per heavy atom. The Balaban J connectivity index is 2.80. The molecule has 1 aromatic carbocycles. The van der Waals surface area contributed by atoms with Gasteiger partial charge in [0.25, 0.3) is 0 Å². The van der Waals surface area contributed by atoms with E-state index >= 15 is 0 Å². The SMILES string of the molecule is COc1c(C)cc(C=O)c2c1C(=O)O[C@@H]2O. The second kappa shape index (κ2) is 3.61. The summed E-state index contributed by atoms with van der Waals surface area (Å²) < 4.78 is 9.73. The van der Waals surface area contributed by atoms with Crippen molar-refractivity contribution < 1.29 is 24.2 Å². The van der Waals surface area contributed by atoms with Crippen LogP contribution in [0.2, 0.25) is 0 Å². The van der Waals surface area contributed by atoms with Crippen molar-refractivity contribution in [3.05, 3.63) is 28.3 Å². The summed E-state index contributed by atoms with van der Waals surface area (Å²) in [4.78, 5) is 22.3. The molecule has 0 saturated carbocycles. The van der Waals surface area contributed by atoms with Crippen molar-refractivity contribution in [2.24, 2.45) is 0 Å². The summed E-state index contributed by atoms with van der Waals surface area (Å²) in [5.41, 5.74) is 1.21. The van der Waals surface area contributed by atoms with E-state index in [4.69, 9.17) is 4.74 Å². The van der Waals surface area contributed by atoms with Gasteiger partial charge in [0.1, 0.15) is 11.3 Å². The van der Waals surface area contributed by atoms with Crippen molar-refractivity contribution in [3.63, 3.8) is 0 Å². The maximum absolute atomic E-state index is 11.5. The predicted molar refractivity (Wildman–Crippen MR) is 53.5 cm³/mol. The molecular formula is C11H10O5. The number of carbonyl (C=O) groups excluding carboxylic acids is 2. The number of aliphatic hydroxyl groups is 1. The number of aliphatic hydroxyl groups excluding tert-OH is 1. The van der Waals surface area contributed by atoms with Gasteiger partial charge in [0, 0.05) is 11.1 Å². The lowest BCUT2D eigenvalue weighted by Gasteiger charge is -2.10. The van der Waals surface area contributed by atoms with Crippen LogP contribution in [0.1, 0.15) is 38.1 Å². The van der Waals surface area contributed by atoms with Gasteiger partial charge in [-0.2, -0.15) is 0 Å². The molecule has 0 aliphatic carbocycles. The van der Waals surface area contributed by atoms with Gasteiger partial charge in [-0.15, -0.1) is 0 Å². The quantitative estimate of drug-likeness (QED) is 0.596. The molecule has 1 N–H and O–H groups in total. The first-order chi connectivity index (χ1) is 7.60. The van der Waals surface area contributed by atoms with Crippen LogP contribution in [0, 0.1) is 6.92 Å². The van der Waals surface area contributed by atoms with Crippen molar-refractivity contribution in [3.8, 4) is 5.75 Å². The van der Waals surface area contributed by atoms with E-state index in [2.05, 4.69) is 4.74 Å².